The van der Waals surface area contributed by atoms with Crippen LogP contribution in [0.3, 0.4) is 0 Å². The van der Waals surface area contributed by atoms with Gasteiger partial charge in [0.15, 0.2) is 12.6 Å². The van der Waals surface area contributed by atoms with Crippen LogP contribution in [0.5, 0.6) is 0 Å². The van der Waals surface area contributed by atoms with Crippen LogP contribution in [0, 0.1) is 0 Å². The van der Waals surface area contributed by atoms with Gasteiger partial charge in [-0.2, -0.15) is 0 Å². The van der Waals surface area contributed by atoms with E-state index in [0.29, 0.717) is 0 Å². The monoisotopic (exact) mass is 611 g/mol. The maximum absolute atomic E-state index is 12.6. The van der Waals surface area contributed by atoms with Crippen LogP contribution >= 0.6 is 0 Å². The largest absolute Gasteiger partial charge is 0.394 e. The Morgan fingerprint density at radius 1 is 0.952 bits per heavy atom. The van der Waals surface area contributed by atoms with E-state index in [0.717, 1.165) is 0 Å². The Morgan fingerprint density at radius 2 is 1.57 bits per heavy atom. The van der Waals surface area contributed by atoms with E-state index in [4.69, 9.17) is 41.7 Å². The molecule has 1 amide bonds. The third-order valence-electron chi connectivity index (χ3n) is 7.60. The number of amides is 1. The van der Waals surface area contributed by atoms with Crippen molar-refractivity contribution >= 4 is 5.91 Å². The van der Waals surface area contributed by atoms with E-state index in [9.17, 15) is 45.6 Å². The Bertz CT molecular complexity index is 933. The average molecular weight is 612 g/mol. The molecule has 42 heavy (non-hydrogen) atoms. The van der Waals surface area contributed by atoms with E-state index in [1.165, 1.54) is 0 Å². The number of aliphatic hydroxyl groups excluding tert-OH is 8. The molecule has 20 heteroatoms. The van der Waals surface area contributed by atoms with Crippen LogP contribution in [0.25, 0.3) is 10.4 Å². The molecule has 0 aromatic heterocycles. The van der Waals surface area contributed by atoms with E-state index < -0.39 is 117 Å². The minimum atomic E-state index is -1.83. The maximum atomic E-state index is 12.6. The first-order valence-corrected chi connectivity index (χ1v) is 13.4. The summed E-state index contributed by atoms with van der Waals surface area (Å²) >= 11 is 0. The molecular formula is C22H41N7O13. The van der Waals surface area contributed by atoms with Gasteiger partial charge in [0.25, 0.3) is 0 Å². The zero-order valence-electron chi connectivity index (χ0n) is 22.5. The molecule has 3 rings (SSSR count). The van der Waals surface area contributed by atoms with E-state index in [2.05, 4.69) is 15.3 Å². The van der Waals surface area contributed by atoms with Crippen molar-refractivity contribution in [2.75, 3.05) is 19.7 Å². The molecule has 15 N–H and O–H groups in total. The second kappa shape index (κ2) is 15.3. The second-order valence-corrected chi connectivity index (χ2v) is 10.5. The topological polar surface area (TPSA) is 355 Å². The number of nitrogens with one attached hydrogen (secondary N) is 1. The van der Waals surface area contributed by atoms with Gasteiger partial charge in [-0.05, 0) is 24.9 Å². The highest BCUT2D eigenvalue weighted by atomic mass is 16.7. The predicted octanol–water partition coefficient (Wildman–Crippen LogP) is -7.07. The number of carbonyl (C=O) groups excluding carboxylic acids is 1. The Morgan fingerprint density at radius 3 is 2.19 bits per heavy atom. The molecule has 2 aliphatic heterocycles. The first-order valence-electron chi connectivity index (χ1n) is 13.4. The summed E-state index contributed by atoms with van der Waals surface area (Å²) in [6.07, 6.45) is -20.8. The quantitative estimate of drug-likeness (QED) is 0.0586. The van der Waals surface area contributed by atoms with Gasteiger partial charge in [-0.1, -0.05) is 5.11 Å². The van der Waals surface area contributed by atoms with E-state index in [1.807, 2.05) is 0 Å². The van der Waals surface area contributed by atoms with Crippen molar-refractivity contribution in [1.82, 2.24) is 5.32 Å². The summed E-state index contributed by atoms with van der Waals surface area (Å²) in [6.45, 7) is -1.13. The second-order valence-electron chi connectivity index (χ2n) is 10.5. The highest BCUT2D eigenvalue weighted by Gasteiger charge is 2.52. The summed E-state index contributed by atoms with van der Waals surface area (Å²) in [5.74, 6) is -0.868. The van der Waals surface area contributed by atoms with Crippen LogP contribution < -0.4 is 22.5 Å². The van der Waals surface area contributed by atoms with Gasteiger partial charge < -0.3 is 82.3 Å². The fourth-order valence-electron chi connectivity index (χ4n) is 5.14. The Balaban J connectivity index is 1.86. The molecule has 2 heterocycles. The van der Waals surface area contributed by atoms with Gasteiger partial charge in [-0.15, -0.1) is 0 Å². The van der Waals surface area contributed by atoms with E-state index >= 15 is 0 Å². The number of carbonyl (C=O) groups is 1. The van der Waals surface area contributed by atoms with Crippen LogP contribution in [0.4, 0.5) is 0 Å². The molecule has 0 radical (unpaired) electrons. The van der Waals surface area contributed by atoms with Crippen molar-refractivity contribution in [3.63, 3.8) is 0 Å². The lowest BCUT2D eigenvalue weighted by Gasteiger charge is -2.49. The molecule has 2 saturated heterocycles. The lowest BCUT2D eigenvalue weighted by Crippen LogP contribution is -2.69. The number of nitrogens with zero attached hydrogens (tertiary/aromatic N) is 3. The van der Waals surface area contributed by atoms with Crippen LogP contribution in [0.15, 0.2) is 5.11 Å². The highest BCUT2D eigenvalue weighted by molar-refractivity contribution is 5.80. The Labute approximate surface area is 239 Å². The zero-order valence-corrected chi connectivity index (χ0v) is 22.5. The minimum absolute atomic E-state index is 0.00690. The van der Waals surface area contributed by atoms with Crippen LogP contribution in [0.2, 0.25) is 0 Å². The fraction of sp³-hybridized carbons (Fsp3) is 0.955. The van der Waals surface area contributed by atoms with Crippen molar-refractivity contribution in [1.29, 1.82) is 0 Å². The number of hydrogen-bond donors (Lipinski definition) is 12. The summed E-state index contributed by atoms with van der Waals surface area (Å²) in [6, 6.07) is -3.57. The number of rotatable bonds is 11. The Hall–Kier alpha value is -1.82. The standard InChI is InChI=1S/C22H41N7O13/c23-2-1-8(31)20(38)28-7-3-6(24)18(41-22-16(36)15(35)13(33)9(39-22)4-27-29-26)17(37)19(7)42-21-14(34)11(25)12(32)10(5-30)40-21/h6-19,21-22,30-37H,1-5,23-25H2,(H,28,38)/t6?,7-,8+,9?,10?,11+,12-,13-,14?,15+,16?,17+,18-,19?,21-,22-/m1/s1. The smallest absolute Gasteiger partial charge is 0.249 e. The first kappa shape index (κ1) is 34.7. The molecular weight excluding hydrogens is 570 g/mol. The third-order valence-corrected chi connectivity index (χ3v) is 7.60. The molecule has 1 saturated carbocycles. The van der Waals surface area contributed by atoms with Gasteiger partial charge in [0.1, 0.15) is 61.0 Å². The fourth-order valence-corrected chi connectivity index (χ4v) is 5.14. The molecule has 6 unspecified atom stereocenters. The zero-order chi connectivity index (χ0) is 31.3. The van der Waals surface area contributed by atoms with Crippen molar-refractivity contribution in [3.05, 3.63) is 10.4 Å². The summed E-state index contributed by atoms with van der Waals surface area (Å²) in [7, 11) is 0. The predicted molar refractivity (Wildman–Crippen MR) is 136 cm³/mol. The first-order chi connectivity index (χ1) is 19.9. The SMILES string of the molecule is [N-]=[N+]=NCC1O[C@H](O[C@@H]2C(N)C[C@@H](NC(=O)[C@@H](O)CCN)C(O[C@H]3OC(CO)[C@@H](O)[C@H](N)C3O)[C@H]2O)C(O)[C@@H](O)[C@@H]1O. The molecule has 1 aliphatic carbocycles. The van der Waals surface area contributed by atoms with Crippen molar-refractivity contribution < 1.29 is 64.6 Å². The summed E-state index contributed by atoms with van der Waals surface area (Å²) < 4.78 is 22.5. The number of aliphatic hydroxyl groups is 8. The van der Waals surface area contributed by atoms with Gasteiger partial charge >= 0.3 is 0 Å². The number of nitrogens with two attached hydrogens (primary N) is 3. The molecule has 16 atom stereocenters. The molecule has 20 nitrogen and oxygen atoms in total. The summed E-state index contributed by atoms with van der Waals surface area (Å²) in [5.41, 5.74) is 26.1. The molecule has 0 spiro atoms. The molecule has 3 aliphatic rings. The molecule has 0 bridgehead atoms. The van der Waals surface area contributed by atoms with Gasteiger partial charge in [-0.25, -0.2) is 0 Å². The van der Waals surface area contributed by atoms with Crippen molar-refractivity contribution in [2.45, 2.75) is 111 Å². The third kappa shape index (κ3) is 7.63. The Kier molecular flexibility index (Phi) is 12.6. The van der Waals surface area contributed by atoms with E-state index in [-0.39, 0.29) is 19.4 Å². The average Bonchev–Trinajstić information content (AvgIpc) is 2.96. The number of hydrogen-bond acceptors (Lipinski definition) is 17. The van der Waals surface area contributed by atoms with Crippen molar-refractivity contribution in [2.24, 2.45) is 22.3 Å². The molecule has 0 aromatic carbocycles. The maximum Gasteiger partial charge on any atom is 0.249 e. The molecule has 0 aromatic rings. The normalized spacial score (nSPS) is 45.1. The van der Waals surface area contributed by atoms with Crippen LogP contribution in [-0.4, -0.2) is 164 Å². The van der Waals surface area contributed by atoms with Crippen LogP contribution in [0.1, 0.15) is 12.8 Å². The number of ether oxygens (including phenoxy) is 4. The molecule has 3 fully saturated rings. The van der Waals surface area contributed by atoms with Gasteiger partial charge in [0.05, 0.1) is 31.3 Å². The number of azide groups is 1. The van der Waals surface area contributed by atoms with Crippen LogP contribution in [-0.2, 0) is 23.7 Å². The summed E-state index contributed by atoms with van der Waals surface area (Å²) in [5, 5.41) is 88.5. The van der Waals surface area contributed by atoms with Gasteiger partial charge in [-0.3, -0.25) is 4.79 Å². The minimum Gasteiger partial charge on any atom is -0.394 e. The molecule has 242 valence electrons. The van der Waals surface area contributed by atoms with Gasteiger partial charge in [0.2, 0.25) is 5.91 Å². The summed E-state index contributed by atoms with van der Waals surface area (Å²) in [4.78, 5) is 15.2. The highest BCUT2D eigenvalue weighted by Crippen LogP contribution is 2.32. The lowest BCUT2D eigenvalue weighted by atomic mass is 9.83. The van der Waals surface area contributed by atoms with Gasteiger partial charge in [0, 0.05) is 11.0 Å². The van der Waals surface area contributed by atoms with E-state index in [1.54, 1.807) is 0 Å². The lowest BCUT2D eigenvalue weighted by molar-refractivity contribution is -0.332. The van der Waals surface area contributed by atoms with Crippen molar-refractivity contribution in [3.8, 4) is 0 Å².